The van der Waals surface area contributed by atoms with E-state index in [0.29, 0.717) is 0 Å². The fourth-order valence-corrected chi connectivity index (χ4v) is 1.41. The molecule has 17 heteroatoms. The van der Waals surface area contributed by atoms with Gasteiger partial charge >= 0.3 is 24.6 Å². The lowest BCUT2D eigenvalue weighted by Crippen LogP contribution is -2.42. The van der Waals surface area contributed by atoms with Crippen LogP contribution in [0.4, 0.5) is 49.6 Å². The van der Waals surface area contributed by atoms with Crippen molar-refractivity contribution in [3.63, 3.8) is 0 Å². The Morgan fingerprint density at radius 3 is 1.90 bits per heavy atom. The molecular weight excluding hydrogens is 448 g/mol. The average molecular weight is 455 g/mol. The van der Waals surface area contributed by atoms with Crippen LogP contribution in [0.3, 0.4) is 0 Å². The summed E-state index contributed by atoms with van der Waals surface area (Å²) in [6, 6.07) is 1.61. The van der Waals surface area contributed by atoms with Crippen molar-refractivity contribution in [3.05, 3.63) is 18.2 Å². The molecule has 1 rings (SSSR count). The second-order valence-electron chi connectivity index (χ2n) is 4.99. The van der Waals surface area contributed by atoms with Gasteiger partial charge in [-0.25, -0.2) is 0 Å². The van der Waals surface area contributed by atoms with Gasteiger partial charge in [0.1, 0.15) is 17.5 Å². The van der Waals surface area contributed by atoms with Crippen LogP contribution in [0.2, 0.25) is 0 Å². The number of benzene rings is 1. The number of hydrogen-bond donors (Lipinski definition) is 3. The molecule has 7 nitrogen and oxygen atoms in total. The van der Waals surface area contributed by atoms with Crippen LogP contribution in [0.5, 0.6) is 11.5 Å². The molecular formula is C13H7F10N5O2. The van der Waals surface area contributed by atoms with E-state index in [-0.39, 0.29) is 18.2 Å². The van der Waals surface area contributed by atoms with Crippen LogP contribution < -0.4 is 20.6 Å². The highest BCUT2D eigenvalue weighted by atomic mass is 19.4. The lowest BCUT2D eigenvalue weighted by Gasteiger charge is -2.23. The summed E-state index contributed by atoms with van der Waals surface area (Å²) in [6.45, 7) is 0. The van der Waals surface area contributed by atoms with E-state index >= 15 is 0 Å². The molecule has 1 aromatic rings. The minimum absolute atomic E-state index is 0.0973. The summed E-state index contributed by atoms with van der Waals surface area (Å²) in [5.41, 5.74) is 4.40. The number of hydrogen-bond acceptors (Lipinski definition) is 6. The molecule has 4 N–H and O–H groups in total. The molecule has 0 saturated heterocycles. The predicted molar refractivity (Wildman–Crippen MR) is 78.3 cm³/mol. The number of nitriles is 1. The molecule has 0 amide bonds. The summed E-state index contributed by atoms with van der Waals surface area (Å²) >= 11 is 0. The van der Waals surface area contributed by atoms with Crippen molar-refractivity contribution in [1.29, 1.82) is 10.7 Å². The minimum Gasteiger partial charge on any atom is -0.426 e. The van der Waals surface area contributed by atoms with E-state index in [4.69, 9.17) is 16.4 Å². The summed E-state index contributed by atoms with van der Waals surface area (Å²) in [4.78, 5) is 0. The fourth-order valence-electron chi connectivity index (χ4n) is 1.41. The predicted octanol–water partition coefficient (Wildman–Crippen LogP) is 3.98. The van der Waals surface area contributed by atoms with Crippen molar-refractivity contribution in [2.75, 3.05) is 5.43 Å². The first-order chi connectivity index (χ1) is 13.4. The lowest BCUT2D eigenvalue weighted by atomic mass is 10.2. The molecule has 166 valence electrons. The first-order valence-corrected chi connectivity index (χ1v) is 6.90. The Bertz CT molecular complexity index is 873. The van der Waals surface area contributed by atoms with Crippen LogP contribution in [0.1, 0.15) is 0 Å². The van der Waals surface area contributed by atoms with Crippen molar-refractivity contribution in [3.8, 4) is 17.6 Å². The van der Waals surface area contributed by atoms with Crippen LogP contribution >= 0.6 is 0 Å². The van der Waals surface area contributed by atoms with Gasteiger partial charge in [0.25, 0.3) is 0 Å². The third-order valence-corrected chi connectivity index (χ3v) is 2.74. The third-order valence-electron chi connectivity index (χ3n) is 2.74. The van der Waals surface area contributed by atoms with Crippen molar-refractivity contribution in [2.24, 2.45) is 10.8 Å². The monoisotopic (exact) mass is 455 g/mol. The normalized spacial score (nSPS) is 13.4. The lowest BCUT2D eigenvalue weighted by molar-refractivity contribution is -0.361. The molecule has 0 heterocycles. The first kappa shape index (κ1) is 24.6. The van der Waals surface area contributed by atoms with Crippen molar-refractivity contribution in [1.82, 2.24) is 0 Å². The average Bonchev–Trinajstić information content (AvgIpc) is 2.54. The zero-order valence-electron chi connectivity index (χ0n) is 13.8. The van der Waals surface area contributed by atoms with Gasteiger partial charge < -0.3 is 15.2 Å². The Balaban J connectivity index is 3.41. The second-order valence-corrected chi connectivity index (χ2v) is 4.99. The zero-order chi connectivity index (χ0) is 23.5. The molecule has 0 fully saturated rings. The standard InChI is InChI=1S/C13H7F10N5O2/c14-10(15,16)12(20,21)29-5-1-2-8(30-13(22,23)11(17,18)19)6(3-5)27-28-7(4-24)9(25)26/h1-3,27H,(H3,25,26)/b28-7+. The Morgan fingerprint density at radius 1 is 0.967 bits per heavy atom. The molecule has 0 saturated carbocycles. The second kappa shape index (κ2) is 8.12. The van der Waals surface area contributed by atoms with Crippen molar-refractivity contribution in [2.45, 2.75) is 24.6 Å². The summed E-state index contributed by atoms with van der Waals surface area (Å²) in [5.74, 6) is -3.81. The molecule has 0 spiro atoms. The number of alkyl halides is 10. The molecule has 0 aliphatic heterocycles. The van der Waals surface area contributed by atoms with E-state index < -0.39 is 53.3 Å². The van der Waals surface area contributed by atoms with Gasteiger partial charge in [0, 0.05) is 6.07 Å². The molecule has 0 bridgehead atoms. The molecule has 0 aliphatic carbocycles. The van der Waals surface area contributed by atoms with Crippen LogP contribution in [0, 0.1) is 16.7 Å². The highest BCUT2D eigenvalue weighted by Crippen LogP contribution is 2.42. The Hall–Kier alpha value is -3.45. The summed E-state index contributed by atoms with van der Waals surface area (Å²) in [6.07, 6.45) is -24.0. The van der Waals surface area contributed by atoms with Crippen molar-refractivity contribution < 1.29 is 53.4 Å². The van der Waals surface area contributed by atoms with Crippen LogP contribution in [-0.4, -0.2) is 36.1 Å². The minimum atomic E-state index is -6.23. The van der Waals surface area contributed by atoms with Gasteiger partial charge in [0.2, 0.25) is 5.71 Å². The van der Waals surface area contributed by atoms with Gasteiger partial charge in [-0.2, -0.15) is 54.3 Å². The van der Waals surface area contributed by atoms with Gasteiger partial charge in [-0.15, -0.1) is 0 Å². The van der Waals surface area contributed by atoms with E-state index in [1.165, 1.54) is 6.07 Å². The van der Waals surface area contributed by atoms with E-state index in [1.54, 1.807) is 5.43 Å². The molecule has 0 aromatic heterocycles. The smallest absolute Gasteiger partial charge is 0.426 e. The van der Waals surface area contributed by atoms with Crippen LogP contribution in [-0.2, 0) is 0 Å². The number of anilines is 1. The number of rotatable bonds is 7. The number of nitrogens with zero attached hydrogens (tertiary/aromatic N) is 2. The topological polar surface area (TPSA) is 117 Å². The van der Waals surface area contributed by atoms with Gasteiger partial charge in [0.15, 0.2) is 11.6 Å². The number of ether oxygens (including phenoxy) is 2. The van der Waals surface area contributed by atoms with Gasteiger partial charge in [-0.1, -0.05) is 0 Å². The molecule has 1 aromatic carbocycles. The molecule has 0 radical (unpaired) electrons. The molecule has 30 heavy (non-hydrogen) atoms. The first-order valence-electron chi connectivity index (χ1n) is 6.90. The zero-order valence-corrected chi connectivity index (χ0v) is 13.8. The number of nitrogens with two attached hydrogens (primary N) is 1. The quantitative estimate of drug-likeness (QED) is 0.249. The maximum Gasteiger partial charge on any atom is 0.499 e. The summed E-state index contributed by atoms with van der Waals surface area (Å²) in [7, 11) is 0. The maximum absolute atomic E-state index is 13.1. The third kappa shape index (κ3) is 5.78. The van der Waals surface area contributed by atoms with Gasteiger partial charge in [-0.05, 0) is 12.1 Å². The fraction of sp³-hybridized carbons (Fsp3) is 0.308. The highest BCUT2D eigenvalue weighted by molar-refractivity contribution is 6.45. The number of nitrogens with one attached hydrogen (secondary N) is 2. The molecule has 0 atom stereocenters. The van der Waals surface area contributed by atoms with Gasteiger partial charge in [0.05, 0.1) is 0 Å². The maximum atomic E-state index is 13.1. The van der Waals surface area contributed by atoms with Crippen LogP contribution in [0.15, 0.2) is 23.3 Å². The molecule has 0 unspecified atom stereocenters. The SMILES string of the molecule is N#C/C(=N\Nc1cc(OC(F)(F)C(F)(F)F)ccc1OC(F)(F)C(F)(F)F)C(=N)N. The van der Waals surface area contributed by atoms with E-state index in [0.717, 1.165) is 0 Å². The number of hydrazone groups is 1. The Kier molecular flexibility index (Phi) is 6.65. The van der Waals surface area contributed by atoms with Crippen LogP contribution in [0.25, 0.3) is 0 Å². The summed E-state index contributed by atoms with van der Waals surface area (Å²) in [5, 5.41) is 18.6. The van der Waals surface area contributed by atoms with E-state index in [1.807, 2.05) is 0 Å². The largest absolute Gasteiger partial charge is 0.499 e. The van der Waals surface area contributed by atoms with E-state index in [2.05, 4.69) is 14.6 Å². The van der Waals surface area contributed by atoms with E-state index in [9.17, 15) is 43.9 Å². The van der Waals surface area contributed by atoms with Crippen molar-refractivity contribution >= 4 is 17.2 Å². The van der Waals surface area contributed by atoms with Gasteiger partial charge in [-0.3, -0.25) is 10.8 Å². The molecule has 0 aliphatic rings. The Labute approximate surface area is 159 Å². The summed E-state index contributed by atoms with van der Waals surface area (Å²) < 4.78 is 132. The number of halogens is 10. The number of amidine groups is 1. The Morgan fingerprint density at radius 2 is 1.47 bits per heavy atom. The highest BCUT2D eigenvalue weighted by Gasteiger charge is 2.62.